The quantitative estimate of drug-likeness (QED) is 0.767. The van der Waals surface area contributed by atoms with Crippen LogP contribution in [0.4, 0.5) is 0 Å². The molecule has 0 aliphatic rings. The molecule has 2 nitrogen and oxygen atoms in total. The van der Waals surface area contributed by atoms with Crippen molar-refractivity contribution >= 4 is 5.57 Å². The van der Waals surface area contributed by atoms with Gasteiger partial charge in [0.2, 0.25) is 0 Å². The molecule has 0 aliphatic carbocycles. The van der Waals surface area contributed by atoms with E-state index in [1.54, 1.807) is 7.11 Å². The normalized spacial score (nSPS) is 11.5. The Bertz CT molecular complexity index is 305. The van der Waals surface area contributed by atoms with E-state index in [2.05, 4.69) is 0 Å². The second-order valence-corrected chi connectivity index (χ2v) is 2.82. The number of benzene rings is 1. The summed E-state index contributed by atoms with van der Waals surface area (Å²) in [6, 6.07) is 7.92. The highest BCUT2D eigenvalue weighted by Crippen LogP contribution is 2.24. The highest BCUT2D eigenvalue weighted by Gasteiger charge is 2.01. The van der Waals surface area contributed by atoms with Gasteiger partial charge in [-0.3, -0.25) is 0 Å². The van der Waals surface area contributed by atoms with E-state index < -0.39 is 0 Å². The van der Waals surface area contributed by atoms with Crippen molar-refractivity contribution in [1.82, 2.24) is 0 Å². The molecule has 0 bridgehead atoms. The zero-order valence-electron chi connectivity index (χ0n) is 8.08. The van der Waals surface area contributed by atoms with Gasteiger partial charge in [-0.1, -0.05) is 24.3 Å². The van der Waals surface area contributed by atoms with Crippen LogP contribution in [0, 0.1) is 0 Å². The van der Waals surface area contributed by atoms with E-state index in [1.807, 2.05) is 37.3 Å². The fraction of sp³-hybridized carbons (Fsp3) is 0.273. The Balaban J connectivity index is 3.05. The second kappa shape index (κ2) is 4.67. The first kappa shape index (κ1) is 9.81. The summed E-state index contributed by atoms with van der Waals surface area (Å²) in [5.41, 5.74) is 7.70. The summed E-state index contributed by atoms with van der Waals surface area (Å²) in [5.74, 6) is 0.893. The van der Waals surface area contributed by atoms with Gasteiger partial charge in [0, 0.05) is 12.1 Å². The molecule has 2 heteroatoms. The van der Waals surface area contributed by atoms with Crippen LogP contribution in [0.2, 0.25) is 0 Å². The second-order valence-electron chi connectivity index (χ2n) is 2.82. The Hall–Kier alpha value is -1.28. The number of hydrogen-bond donors (Lipinski definition) is 1. The lowest BCUT2D eigenvalue weighted by Gasteiger charge is -2.07. The van der Waals surface area contributed by atoms with Gasteiger partial charge < -0.3 is 10.5 Å². The van der Waals surface area contributed by atoms with Crippen LogP contribution < -0.4 is 10.5 Å². The highest BCUT2D eigenvalue weighted by molar-refractivity contribution is 5.68. The van der Waals surface area contributed by atoms with Crippen molar-refractivity contribution in [3.8, 4) is 5.75 Å². The minimum atomic E-state index is 0.559. The molecule has 2 N–H and O–H groups in total. The van der Waals surface area contributed by atoms with Gasteiger partial charge in [0.05, 0.1) is 7.11 Å². The van der Waals surface area contributed by atoms with Crippen molar-refractivity contribution in [3.63, 3.8) is 0 Å². The lowest BCUT2D eigenvalue weighted by Crippen LogP contribution is -1.95. The molecule has 0 aliphatic heterocycles. The number of ether oxygens (including phenoxy) is 1. The van der Waals surface area contributed by atoms with Gasteiger partial charge in [-0.05, 0) is 18.6 Å². The van der Waals surface area contributed by atoms with Gasteiger partial charge in [-0.15, -0.1) is 0 Å². The van der Waals surface area contributed by atoms with Gasteiger partial charge in [0.15, 0.2) is 0 Å². The predicted octanol–water partition coefficient (Wildman–Crippen LogP) is 2.06. The van der Waals surface area contributed by atoms with Crippen LogP contribution in [0.5, 0.6) is 5.75 Å². The number of allylic oxidation sites excluding steroid dienone is 1. The summed E-state index contributed by atoms with van der Waals surface area (Å²) >= 11 is 0. The fourth-order valence-corrected chi connectivity index (χ4v) is 1.26. The third-order valence-corrected chi connectivity index (χ3v) is 1.96. The molecule has 0 spiro atoms. The van der Waals surface area contributed by atoms with Crippen molar-refractivity contribution in [2.75, 3.05) is 13.7 Å². The number of nitrogens with two attached hydrogens (primary N) is 1. The van der Waals surface area contributed by atoms with Gasteiger partial charge in [-0.25, -0.2) is 0 Å². The van der Waals surface area contributed by atoms with Crippen molar-refractivity contribution in [3.05, 3.63) is 35.9 Å². The van der Waals surface area contributed by atoms with Crippen molar-refractivity contribution in [2.24, 2.45) is 5.73 Å². The smallest absolute Gasteiger partial charge is 0.126 e. The molecule has 0 saturated carbocycles. The Morgan fingerprint density at radius 2 is 2.15 bits per heavy atom. The first-order valence-corrected chi connectivity index (χ1v) is 4.29. The Kier molecular flexibility index (Phi) is 3.53. The molecule has 70 valence electrons. The minimum absolute atomic E-state index is 0.559. The molecular weight excluding hydrogens is 162 g/mol. The van der Waals surface area contributed by atoms with E-state index >= 15 is 0 Å². The fourth-order valence-electron chi connectivity index (χ4n) is 1.26. The number of para-hydroxylation sites is 1. The zero-order chi connectivity index (χ0) is 9.68. The number of rotatable bonds is 3. The molecule has 0 saturated heterocycles. The zero-order valence-corrected chi connectivity index (χ0v) is 8.08. The largest absolute Gasteiger partial charge is 0.496 e. The van der Waals surface area contributed by atoms with Crippen LogP contribution >= 0.6 is 0 Å². The molecule has 1 aromatic carbocycles. The molecule has 13 heavy (non-hydrogen) atoms. The predicted molar refractivity (Wildman–Crippen MR) is 55.7 cm³/mol. The topological polar surface area (TPSA) is 35.2 Å². The average molecular weight is 177 g/mol. The maximum Gasteiger partial charge on any atom is 0.126 e. The molecule has 0 radical (unpaired) electrons. The molecule has 0 atom stereocenters. The summed E-state index contributed by atoms with van der Waals surface area (Å²) < 4.78 is 5.23. The van der Waals surface area contributed by atoms with E-state index in [-0.39, 0.29) is 0 Å². The monoisotopic (exact) mass is 177 g/mol. The molecule has 0 unspecified atom stereocenters. The average Bonchev–Trinajstić information content (AvgIpc) is 2.18. The van der Waals surface area contributed by atoms with E-state index in [9.17, 15) is 0 Å². The van der Waals surface area contributed by atoms with Crippen LogP contribution in [0.25, 0.3) is 5.57 Å². The third-order valence-electron chi connectivity index (χ3n) is 1.96. The van der Waals surface area contributed by atoms with Crippen LogP contribution in [0.15, 0.2) is 30.3 Å². The van der Waals surface area contributed by atoms with Crippen molar-refractivity contribution in [2.45, 2.75) is 6.92 Å². The van der Waals surface area contributed by atoms with Crippen LogP contribution in [-0.4, -0.2) is 13.7 Å². The first-order chi connectivity index (χ1) is 6.29. The van der Waals surface area contributed by atoms with Crippen LogP contribution in [0.1, 0.15) is 12.5 Å². The first-order valence-electron chi connectivity index (χ1n) is 4.29. The van der Waals surface area contributed by atoms with E-state index in [0.717, 1.165) is 16.9 Å². The molecule has 0 aromatic heterocycles. The van der Waals surface area contributed by atoms with Gasteiger partial charge in [0.1, 0.15) is 5.75 Å². The van der Waals surface area contributed by atoms with Crippen LogP contribution in [0.3, 0.4) is 0 Å². The minimum Gasteiger partial charge on any atom is -0.496 e. The van der Waals surface area contributed by atoms with Crippen molar-refractivity contribution in [1.29, 1.82) is 0 Å². The maximum atomic E-state index is 5.44. The SMILES string of the molecule is COc1ccccc1C(C)=CCN. The number of hydrogen-bond acceptors (Lipinski definition) is 2. The van der Waals surface area contributed by atoms with Crippen molar-refractivity contribution < 1.29 is 4.74 Å². The standard InChI is InChI=1S/C11H15NO/c1-9(7-8-12)10-5-3-4-6-11(10)13-2/h3-7H,8,12H2,1-2H3. The van der Waals surface area contributed by atoms with E-state index in [1.165, 1.54) is 0 Å². The Morgan fingerprint density at radius 1 is 1.46 bits per heavy atom. The molecule has 1 aromatic rings. The summed E-state index contributed by atoms with van der Waals surface area (Å²) in [4.78, 5) is 0. The molecule has 0 fully saturated rings. The summed E-state index contributed by atoms with van der Waals surface area (Å²) in [6.45, 7) is 2.59. The molecule has 0 amide bonds. The maximum absolute atomic E-state index is 5.44. The number of methoxy groups -OCH3 is 1. The lowest BCUT2D eigenvalue weighted by atomic mass is 10.1. The Morgan fingerprint density at radius 3 is 2.77 bits per heavy atom. The summed E-state index contributed by atoms with van der Waals surface area (Å²) in [6.07, 6.45) is 1.98. The summed E-state index contributed by atoms with van der Waals surface area (Å²) in [5, 5.41) is 0. The Labute approximate surface area is 79.0 Å². The van der Waals surface area contributed by atoms with Gasteiger partial charge >= 0.3 is 0 Å². The van der Waals surface area contributed by atoms with E-state index in [4.69, 9.17) is 10.5 Å². The lowest BCUT2D eigenvalue weighted by molar-refractivity contribution is 0.413. The molecular formula is C11H15NO. The molecule has 0 heterocycles. The highest BCUT2D eigenvalue weighted by atomic mass is 16.5. The van der Waals surface area contributed by atoms with E-state index in [0.29, 0.717) is 6.54 Å². The van der Waals surface area contributed by atoms with Crippen LogP contribution in [-0.2, 0) is 0 Å². The third kappa shape index (κ3) is 2.33. The van der Waals surface area contributed by atoms with Gasteiger partial charge in [0.25, 0.3) is 0 Å². The summed E-state index contributed by atoms with van der Waals surface area (Å²) in [7, 11) is 1.68. The van der Waals surface area contributed by atoms with Gasteiger partial charge in [-0.2, -0.15) is 0 Å². The molecule has 1 rings (SSSR count).